The Kier molecular flexibility index (Phi) is 12.9. The van der Waals surface area contributed by atoms with Crippen molar-refractivity contribution in [2.24, 2.45) is 0 Å². The molecule has 0 radical (unpaired) electrons. The molecule has 0 unspecified atom stereocenters. The van der Waals surface area contributed by atoms with Crippen LogP contribution in [0.3, 0.4) is 0 Å². The molecule has 0 bridgehead atoms. The molecule has 0 saturated carbocycles. The quantitative estimate of drug-likeness (QED) is 0.231. The number of para-hydroxylation sites is 3. The molecule has 1 N–H and O–H groups in total. The van der Waals surface area contributed by atoms with Crippen LogP contribution in [0.5, 0.6) is 17.2 Å². The summed E-state index contributed by atoms with van der Waals surface area (Å²) in [5.74, 6) is 2.13. The molecule has 3 rings (SSSR count). The van der Waals surface area contributed by atoms with Gasteiger partial charge in [-0.15, -0.1) is 0 Å². The zero-order valence-corrected chi connectivity index (χ0v) is 19.1. The van der Waals surface area contributed by atoms with Gasteiger partial charge in [-0.3, -0.25) is 0 Å². The molecule has 0 fully saturated rings. The van der Waals surface area contributed by atoms with Gasteiger partial charge >= 0.3 is 8.60 Å². The lowest BCUT2D eigenvalue weighted by Crippen LogP contribution is -2.02. The summed E-state index contributed by atoms with van der Waals surface area (Å²) in [7, 11) is -1.59. The van der Waals surface area contributed by atoms with Crippen molar-refractivity contribution in [3.63, 3.8) is 0 Å². The van der Waals surface area contributed by atoms with E-state index in [9.17, 15) is 0 Å². The van der Waals surface area contributed by atoms with E-state index in [1.807, 2.05) is 91.0 Å². The molecule has 3 aromatic rings. The summed E-state index contributed by atoms with van der Waals surface area (Å²) in [5, 5.41) is 8.42. The molecule has 0 aromatic heterocycles. The highest BCUT2D eigenvalue weighted by Crippen LogP contribution is 2.41. The summed E-state index contributed by atoms with van der Waals surface area (Å²) < 4.78 is 17.5. The zero-order valence-electron chi connectivity index (χ0n) is 18.2. The lowest BCUT2D eigenvalue weighted by atomic mass is 10.1. The van der Waals surface area contributed by atoms with E-state index in [0.717, 1.165) is 6.42 Å². The molecular formula is C26H33O4P. The van der Waals surface area contributed by atoms with Gasteiger partial charge in [-0.05, 0) is 42.8 Å². The zero-order chi connectivity index (χ0) is 22.0. The van der Waals surface area contributed by atoms with Crippen LogP contribution in [0.1, 0.15) is 45.4 Å². The molecule has 0 spiro atoms. The molecule has 0 aliphatic rings. The third kappa shape index (κ3) is 11.4. The largest absolute Gasteiger partial charge is 0.530 e. The minimum absolute atomic E-state index is 0.367. The van der Waals surface area contributed by atoms with Crippen LogP contribution in [0.15, 0.2) is 91.0 Å². The van der Waals surface area contributed by atoms with Crippen molar-refractivity contribution in [1.29, 1.82) is 0 Å². The monoisotopic (exact) mass is 440 g/mol. The molecule has 0 aliphatic carbocycles. The molecule has 0 atom stereocenters. The third-order valence-electron chi connectivity index (χ3n) is 4.28. The van der Waals surface area contributed by atoms with Gasteiger partial charge in [-0.2, -0.15) is 0 Å². The Morgan fingerprint density at radius 1 is 0.548 bits per heavy atom. The van der Waals surface area contributed by atoms with Crippen molar-refractivity contribution < 1.29 is 18.7 Å². The first kappa shape index (κ1) is 24.7. The molecule has 5 heteroatoms. The van der Waals surface area contributed by atoms with E-state index in [0.29, 0.717) is 23.9 Å². The fourth-order valence-corrected chi connectivity index (χ4v) is 3.64. The van der Waals surface area contributed by atoms with Crippen LogP contribution in [0, 0.1) is 0 Å². The number of unbranched alkanes of at least 4 members (excludes halogenated alkanes) is 5. The van der Waals surface area contributed by atoms with Crippen LogP contribution in [0.2, 0.25) is 0 Å². The lowest BCUT2D eigenvalue weighted by molar-refractivity contribution is 0.282. The van der Waals surface area contributed by atoms with E-state index in [-0.39, 0.29) is 0 Å². The van der Waals surface area contributed by atoms with Crippen LogP contribution >= 0.6 is 8.60 Å². The van der Waals surface area contributed by atoms with Crippen LogP contribution in [0.25, 0.3) is 0 Å². The summed E-state index contributed by atoms with van der Waals surface area (Å²) in [6.45, 7) is 2.58. The Labute approximate surface area is 187 Å². The SMILES string of the molecule is CCCCCCCCO.c1ccc(OP(Oc2ccccc2)Oc2ccccc2)cc1. The summed E-state index contributed by atoms with van der Waals surface area (Å²) in [5.41, 5.74) is 0. The molecule has 0 amide bonds. The van der Waals surface area contributed by atoms with Crippen LogP contribution < -0.4 is 13.6 Å². The van der Waals surface area contributed by atoms with Gasteiger partial charge in [0.2, 0.25) is 0 Å². The highest BCUT2D eigenvalue weighted by atomic mass is 31.2. The summed E-state index contributed by atoms with van der Waals surface area (Å²) in [6.07, 6.45) is 7.50. The van der Waals surface area contributed by atoms with E-state index in [1.54, 1.807) is 0 Å². The van der Waals surface area contributed by atoms with E-state index < -0.39 is 8.60 Å². The van der Waals surface area contributed by atoms with Gasteiger partial charge < -0.3 is 18.7 Å². The normalized spacial score (nSPS) is 10.2. The van der Waals surface area contributed by atoms with Gasteiger partial charge in [-0.1, -0.05) is 93.6 Å². The van der Waals surface area contributed by atoms with Crippen molar-refractivity contribution in [1.82, 2.24) is 0 Å². The van der Waals surface area contributed by atoms with Crippen molar-refractivity contribution in [2.75, 3.05) is 6.61 Å². The molecular weight excluding hydrogens is 407 g/mol. The average Bonchev–Trinajstić information content (AvgIpc) is 2.81. The number of benzene rings is 3. The Hall–Kier alpha value is -2.55. The topological polar surface area (TPSA) is 47.9 Å². The average molecular weight is 441 g/mol. The van der Waals surface area contributed by atoms with Crippen LogP contribution in [0.4, 0.5) is 0 Å². The van der Waals surface area contributed by atoms with Crippen molar-refractivity contribution in [3.05, 3.63) is 91.0 Å². The molecule has 31 heavy (non-hydrogen) atoms. The molecule has 4 nitrogen and oxygen atoms in total. The lowest BCUT2D eigenvalue weighted by Gasteiger charge is -2.17. The van der Waals surface area contributed by atoms with E-state index >= 15 is 0 Å². The molecule has 0 saturated heterocycles. The standard InChI is InChI=1S/C18H15O3P.C8H18O/c1-4-10-16(11-5-1)19-22(20-17-12-6-2-7-13-17)21-18-14-8-3-9-15-18;1-2-3-4-5-6-7-8-9/h1-15H;9H,2-8H2,1H3. The maximum atomic E-state index is 8.42. The van der Waals surface area contributed by atoms with Crippen molar-refractivity contribution >= 4 is 8.60 Å². The summed E-state index contributed by atoms with van der Waals surface area (Å²) >= 11 is 0. The van der Waals surface area contributed by atoms with Gasteiger partial charge in [0.05, 0.1) is 0 Å². The number of rotatable bonds is 12. The number of hydrogen-bond donors (Lipinski definition) is 1. The Morgan fingerprint density at radius 3 is 1.26 bits per heavy atom. The van der Waals surface area contributed by atoms with E-state index in [1.165, 1.54) is 32.1 Å². The van der Waals surface area contributed by atoms with Gasteiger partial charge in [0.15, 0.2) is 0 Å². The fraction of sp³-hybridized carbons (Fsp3) is 0.308. The maximum Gasteiger partial charge on any atom is 0.530 e. The molecule has 3 aromatic carbocycles. The summed E-state index contributed by atoms with van der Waals surface area (Å²) in [4.78, 5) is 0. The predicted octanol–water partition coefficient (Wildman–Crippen LogP) is 7.79. The van der Waals surface area contributed by atoms with Gasteiger partial charge in [0, 0.05) is 6.61 Å². The molecule has 0 aliphatic heterocycles. The van der Waals surface area contributed by atoms with Gasteiger partial charge in [0.1, 0.15) is 17.2 Å². The second-order valence-corrected chi connectivity index (χ2v) is 7.92. The van der Waals surface area contributed by atoms with E-state index in [2.05, 4.69) is 6.92 Å². The second kappa shape index (κ2) is 16.2. The maximum absolute atomic E-state index is 8.42. The Bertz CT molecular complexity index is 680. The fourth-order valence-electron chi connectivity index (χ4n) is 2.65. The minimum Gasteiger partial charge on any atom is -0.409 e. The third-order valence-corrected chi connectivity index (χ3v) is 5.36. The summed E-state index contributed by atoms with van der Waals surface area (Å²) in [6, 6.07) is 28.5. The molecule has 0 heterocycles. The van der Waals surface area contributed by atoms with Gasteiger partial charge in [0.25, 0.3) is 0 Å². The first-order valence-electron chi connectivity index (χ1n) is 10.9. The van der Waals surface area contributed by atoms with Crippen LogP contribution in [-0.2, 0) is 0 Å². The van der Waals surface area contributed by atoms with Crippen molar-refractivity contribution in [3.8, 4) is 17.2 Å². The Balaban J connectivity index is 0.000000323. The molecule has 166 valence electrons. The number of aliphatic hydroxyl groups excluding tert-OH is 1. The minimum atomic E-state index is -1.59. The second-order valence-electron chi connectivity index (χ2n) is 6.93. The predicted molar refractivity (Wildman–Crippen MR) is 129 cm³/mol. The highest BCUT2D eigenvalue weighted by molar-refractivity contribution is 7.43. The first-order valence-corrected chi connectivity index (χ1v) is 12.0. The van der Waals surface area contributed by atoms with Crippen molar-refractivity contribution in [2.45, 2.75) is 45.4 Å². The van der Waals surface area contributed by atoms with Crippen LogP contribution in [-0.4, -0.2) is 11.7 Å². The highest BCUT2D eigenvalue weighted by Gasteiger charge is 2.19. The number of aliphatic hydroxyl groups is 1. The number of hydrogen-bond acceptors (Lipinski definition) is 4. The van der Waals surface area contributed by atoms with Gasteiger partial charge in [-0.25, -0.2) is 0 Å². The van der Waals surface area contributed by atoms with E-state index in [4.69, 9.17) is 18.7 Å². The Morgan fingerprint density at radius 2 is 0.903 bits per heavy atom. The smallest absolute Gasteiger partial charge is 0.409 e. The first-order chi connectivity index (χ1) is 15.3.